The van der Waals surface area contributed by atoms with Gasteiger partial charge in [0.1, 0.15) is 19.8 Å². The number of ether oxygens (including phenoxy) is 2. The average molecular weight is 1020 g/mol. The third-order valence-electron chi connectivity index (χ3n) is 13.1. The van der Waals surface area contributed by atoms with Gasteiger partial charge < -0.3 is 18.9 Å². The predicted molar refractivity (Wildman–Crippen MR) is 303 cm³/mol. The van der Waals surface area contributed by atoms with E-state index in [0.717, 1.165) is 57.8 Å². The van der Waals surface area contributed by atoms with Crippen LogP contribution in [0.2, 0.25) is 0 Å². The van der Waals surface area contributed by atoms with Gasteiger partial charge in [-0.1, -0.05) is 236 Å². The summed E-state index contributed by atoms with van der Waals surface area (Å²) in [6.07, 6.45) is 66.1. The van der Waals surface area contributed by atoms with Crippen LogP contribution in [0, 0.1) is 0 Å². The average Bonchev–Trinajstić information content (AvgIpc) is 3.33. The first-order valence-electron chi connectivity index (χ1n) is 29.9. The fraction of sp³-hybridized carbons (Fsp3) is 0.836. The molecule has 416 valence electrons. The van der Waals surface area contributed by atoms with E-state index in [1.54, 1.807) is 0 Å². The number of nitrogens with zero attached hydrogens (tertiary/aromatic N) is 1. The third kappa shape index (κ3) is 57.1. The van der Waals surface area contributed by atoms with E-state index in [1.165, 1.54) is 186 Å². The van der Waals surface area contributed by atoms with Crippen molar-refractivity contribution in [3.8, 4) is 0 Å². The Labute approximate surface area is 439 Å². The molecule has 0 aromatic heterocycles. The quantitative estimate of drug-likeness (QED) is 0.0211. The van der Waals surface area contributed by atoms with Gasteiger partial charge in [-0.3, -0.25) is 18.6 Å². The van der Waals surface area contributed by atoms with Crippen LogP contribution < -0.4 is 0 Å². The van der Waals surface area contributed by atoms with Crippen LogP contribution in [0.15, 0.2) is 48.6 Å². The van der Waals surface area contributed by atoms with Crippen molar-refractivity contribution >= 4 is 19.8 Å². The molecule has 0 aromatic rings. The van der Waals surface area contributed by atoms with Gasteiger partial charge in [0.05, 0.1) is 27.7 Å². The number of rotatable bonds is 55. The molecule has 2 unspecified atom stereocenters. The molecule has 0 aliphatic heterocycles. The lowest BCUT2D eigenvalue weighted by molar-refractivity contribution is -0.870. The van der Waals surface area contributed by atoms with Crippen LogP contribution in [0.25, 0.3) is 0 Å². The van der Waals surface area contributed by atoms with Crippen LogP contribution in [-0.2, 0) is 32.7 Å². The van der Waals surface area contributed by atoms with Crippen molar-refractivity contribution in [2.24, 2.45) is 0 Å². The smallest absolute Gasteiger partial charge is 0.462 e. The van der Waals surface area contributed by atoms with Crippen LogP contribution in [0.1, 0.15) is 277 Å². The van der Waals surface area contributed by atoms with E-state index in [-0.39, 0.29) is 32.0 Å². The number of likely N-dealkylation sites (N-methyl/N-ethyl adjacent to an activating group) is 1. The van der Waals surface area contributed by atoms with E-state index in [0.29, 0.717) is 17.4 Å². The number of unbranched alkanes of at least 4 members (excludes halogenated alkanes) is 33. The Kier molecular flexibility index (Phi) is 51.3. The molecule has 0 heterocycles. The Bertz CT molecular complexity index is 1340. The highest BCUT2D eigenvalue weighted by Crippen LogP contribution is 2.43. The number of hydrogen-bond donors (Lipinski definition) is 1. The molecule has 0 saturated carbocycles. The van der Waals surface area contributed by atoms with Crippen molar-refractivity contribution in [3.05, 3.63) is 48.6 Å². The topological polar surface area (TPSA) is 108 Å². The van der Waals surface area contributed by atoms with E-state index >= 15 is 0 Å². The molecule has 0 radical (unpaired) electrons. The summed E-state index contributed by atoms with van der Waals surface area (Å²) < 4.78 is 34.6. The molecule has 2 atom stereocenters. The summed E-state index contributed by atoms with van der Waals surface area (Å²) in [7, 11) is 1.48. The monoisotopic (exact) mass is 1020 g/mol. The van der Waals surface area contributed by atoms with Crippen molar-refractivity contribution in [2.75, 3.05) is 47.5 Å². The maximum atomic E-state index is 12.8. The zero-order valence-electron chi connectivity index (χ0n) is 47.2. The first-order chi connectivity index (χ1) is 34.5. The van der Waals surface area contributed by atoms with E-state index < -0.39 is 26.5 Å². The molecular weight excluding hydrogens is 906 g/mol. The van der Waals surface area contributed by atoms with E-state index in [9.17, 15) is 19.0 Å². The fourth-order valence-electron chi connectivity index (χ4n) is 8.43. The largest absolute Gasteiger partial charge is 0.472 e. The van der Waals surface area contributed by atoms with Gasteiger partial charge in [0, 0.05) is 12.8 Å². The summed E-state index contributed by atoms with van der Waals surface area (Å²) in [5, 5.41) is 0. The maximum absolute atomic E-state index is 12.8. The highest BCUT2D eigenvalue weighted by atomic mass is 31.2. The number of hydrogen-bond acceptors (Lipinski definition) is 7. The number of quaternary nitrogens is 1. The molecular formula is C61H115NO8P+. The molecule has 10 heteroatoms. The van der Waals surface area contributed by atoms with Crippen molar-refractivity contribution in [3.63, 3.8) is 0 Å². The van der Waals surface area contributed by atoms with E-state index in [4.69, 9.17) is 18.5 Å². The Hall–Kier alpha value is -2.03. The number of phosphoric ester groups is 1. The molecule has 0 aromatic carbocycles. The molecule has 1 N–H and O–H groups in total. The standard InChI is InChI=1S/C61H114NO8P/c1-6-8-10-12-14-16-18-20-22-24-26-27-28-29-30-31-32-33-34-35-36-38-40-42-44-46-48-50-52-54-61(64)70-59(58-69-71(65,66)68-56-55-62(3,4)5)57-67-60(63)53-51-49-47-45-43-41-39-37-25-23-21-19-17-15-13-11-9-7-2/h17-20,23-26,59H,6-16,21-22,27-58H2,1-5H3/p+1/b19-17-,20-18-,25-23-,26-24-. The molecule has 0 aliphatic rings. The van der Waals surface area contributed by atoms with Gasteiger partial charge in [0.2, 0.25) is 0 Å². The molecule has 0 fully saturated rings. The molecule has 0 aliphatic carbocycles. The van der Waals surface area contributed by atoms with Gasteiger partial charge in [-0.05, 0) is 77.0 Å². The minimum Gasteiger partial charge on any atom is -0.462 e. The second-order valence-corrected chi connectivity index (χ2v) is 22.8. The highest BCUT2D eigenvalue weighted by Gasteiger charge is 2.27. The van der Waals surface area contributed by atoms with Gasteiger partial charge in [0.25, 0.3) is 0 Å². The summed E-state index contributed by atoms with van der Waals surface area (Å²) in [6.45, 7) is 4.43. The fourth-order valence-corrected chi connectivity index (χ4v) is 9.17. The van der Waals surface area contributed by atoms with Gasteiger partial charge in [0.15, 0.2) is 6.10 Å². The van der Waals surface area contributed by atoms with E-state index in [1.807, 2.05) is 21.1 Å². The predicted octanol–water partition coefficient (Wildman–Crippen LogP) is 18.5. The van der Waals surface area contributed by atoms with Crippen LogP contribution in [0.3, 0.4) is 0 Å². The van der Waals surface area contributed by atoms with E-state index in [2.05, 4.69) is 62.5 Å². The lowest BCUT2D eigenvalue weighted by Gasteiger charge is -2.24. The number of allylic oxidation sites excluding steroid dienone is 8. The highest BCUT2D eigenvalue weighted by molar-refractivity contribution is 7.47. The summed E-state index contributed by atoms with van der Waals surface area (Å²) in [5.74, 6) is -0.797. The zero-order chi connectivity index (χ0) is 52.0. The molecule has 0 bridgehead atoms. The Morgan fingerprint density at radius 1 is 0.437 bits per heavy atom. The summed E-state index contributed by atoms with van der Waals surface area (Å²) in [4.78, 5) is 35.7. The summed E-state index contributed by atoms with van der Waals surface area (Å²) in [5.41, 5.74) is 0. The van der Waals surface area contributed by atoms with Gasteiger partial charge >= 0.3 is 19.8 Å². The number of carbonyl (C=O) groups is 2. The Balaban J connectivity index is 4.10. The molecule has 71 heavy (non-hydrogen) atoms. The molecule has 9 nitrogen and oxygen atoms in total. The van der Waals surface area contributed by atoms with Crippen LogP contribution >= 0.6 is 7.82 Å². The summed E-state index contributed by atoms with van der Waals surface area (Å²) >= 11 is 0. The lowest BCUT2D eigenvalue weighted by atomic mass is 10.0. The van der Waals surface area contributed by atoms with Crippen LogP contribution in [0.5, 0.6) is 0 Å². The maximum Gasteiger partial charge on any atom is 0.472 e. The molecule has 0 spiro atoms. The van der Waals surface area contributed by atoms with Crippen LogP contribution in [-0.4, -0.2) is 74.9 Å². The summed E-state index contributed by atoms with van der Waals surface area (Å²) in [6, 6.07) is 0. The van der Waals surface area contributed by atoms with Crippen molar-refractivity contribution in [1.29, 1.82) is 0 Å². The minimum atomic E-state index is -4.39. The molecule has 0 rings (SSSR count). The minimum absolute atomic E-state index is 0.0306. The first-order valence-corrected chi connectivity index (χ1v) is 31.4. The van der Waals surface area contributed by atoms with Crippen LogP contribution in [0.4, 0.5) is 0 Å². The lowest BCUT2D eigenvalue weighted by Crippen LogP contribution is -2.37. The molecule has 0 amide bonds. The van der Waals surface area contributed by atoms with Crippen molar-refractivity contribution in [2.45, 2.75) is 283 Å². The number of carbonyl (C=O) groups excluding carboxylic acids is 2. The number of esters is 2. The SMILES string of the molecule is CCCCCC/C=C\C/C=C\CCCCCCCCCC(=O)OCC(COP(=O)(O)OCC[N+](C)(C)C)OC(=O)CCCCCCCCCCCCCCCCCCC/C=C\C/C=C\CCCCCCC. The van der Waals surface area contributed by atoms with Crippen molar-refractivity contribution < 1.29 is 42.1 Å². The molecule has 0 saturated heterocycles. The third-order valence-corrected chi connectivity index (χ3v) is 14.1. The second kappa shape index (κ2) is 52.8. The number of phosphoric acid groups is 1. The Morgan fingerprint density at radius 3 is 1.13 bits per heavy atom. The van der Waals surface area contributed by atoms with Gasteiger partial charge in [-0.15, -0.1) is 0 Å². The van der Waals surface area contributed by atoms with Gasteiger partial charge in [-0.2, -0.15) is 0 Å². The zero-order valence-corrected chi connectivity index (χ0v) is 48.1. The normalized spacial score (nSPS) is 13.6. The Morgan fingerprint density at radius 2 is 0.761 bits per heavy atom. The van der Waals surface area contributed by atoms with Gasteiger partial charge in [-0.25, -0.2) is 4.57 Å². The first kappa shape index (κ1) is 69.0. The van der Waals surface area contributed by atoms with Crippen molar-refractivity contribution in [1.82, 2.24) is 0 Å². The second-order valence-electron chi connectivity index (χ2n) is 21.4.